The summed E-state index contributed by atoms with van der Waals surface area (Å²) in [5.41, 5.74) is -0.261. The van der Waals surface area contributed by atoms with E-state index in [1.807, 2.05) is 0 Å². The van der Waals surface area contributed by atoms with Crippen molar-refractivity contribution < 1.29 is 19.1 Å². The summed E-state index contributed by atoms with van der Waals surface area (Å²) in [6.07, 6.45) is 6.50. The molecule has 0 saturated heterocycles. The molecule has 0 aliphatic heterocycles. The number of esters is 1. The van der Waals surface area contributed by atoms with Crippen LogP contribution in [0.15, 0.2) is 0 Å². The van der Waals surface area contributed by atoms with Crippen molar-refractivity contribution in [3.63, 3.8) is 0 Å². The molecular weight excluding hydrogens is 447 g/mol. The molecule has 0 heterocycles. The van der Waals surface area contributed by atoms with E-state index in [4.69, 9.17) is 39.5 Å². The van der Waals surface area contributed by atoms with Gasteiger partial charge in [0.15, 0.2) is 0 Å². The number of hydrogen-bond acceptors (Lipinski definition) is 4. The smallest absolute Gasteiger partial charge is 0.358 e. The van der Waals surface area contributed by atoms with E-state index in [9.17, 15) is 14.4 Å². The molecule has 0 unspecified atom stereocenters. The van der Waals surface area contributed by atoms with E-state index < -0.39 is 9.76 Å². The zero-order valence-electron chi connectivity index (χ0n) is 17.9. The van der Waals surface area contributed by atoms with Gasteiger partial charge in [0.05, 0.1) is 0 Å². The molecule has 4 saturated carbocycles. The van der Waals surface area contributed by atoms with Gasteiger partial charge < -0.3 is 4.74 Å². The van der Waals surface area contributed by atoms with Crippen molar-refractivity contribution in [3.05, 3.63) is 0 Å². The van der Waals surface area contributed by atoms with Gasteiger partial charge in [-0.2, -0.15) is 0 Å². The molecule has 0 radical (unpaired) electrons. The fourth-order valence-electron chi connectivity index (χ4n) is 8.03. The van der Waals surface area contributed by atoms with Crippen molar-refractivity contribution in [3.8, 4) is 0 Å². The number of ketones is 2. The van der Waals surface area contributed by atoms with Crippen molar-refractivity contribution in [2.45, 2.75) is 82.0 Å². The van der Waals surface area contributed by atoms with E-state index in [1.54, 1.807) is 6.92 Å². The Labute approximate surface area is 193 Å². The van der Waals surface area contributed by atoms with E-state index in [0.717, 1.165) is 38.5 Å². The Morgan fingerprint density at radius 2 is 1.73 bits per heavy atom. The van der Waals surface area contributed by atoms with Gasteiger partial charge in [-0.1, -0.05) is 48.7 Å². The van der Waals surface area contributed by atoms with E-state index in [2.05, 4.69) is 13.8 Å². The average molecular weight is 478 g/mol. The van der Waals surface area contributed by atoms with E-state index in [1.165, 1.54) is 0 Å². The molecule has 168 valence electrons. The molecule has 0 spiro atoms. The Balaban J connectivity index is 1.53. The Morgan fingerprint density at radius 3 is 2.37 bits per heavy atom. The summed E-state index contributed by atoms with van der Waals surface area (Å²) in [4.78, 5) is 37.8. The third-order valence-electron chi connectivity index (χ3n) is 9.30. The lowest BCUT2D eigenvalue weighted by Gasteiger charge is -2.59. The third kappa shape index (κ3) is 3.53. The molecule has 4 fully saturated rings. The number of carbonyl (C=O) groups is 3. The lowest BCUT2D eigenvalue weighted by Crippen LogP contribution is -2.58. The molecule has 0 bridgehead atoms. The summed E-state index contributed by atoms with van der Waals surface area (Å²) in [5, 5.41) is 0. The van der Waals surface area contributed by atoms with Gasteiger partial charge in [0.25, 0.3) is 3.79 Å². The fraction of sp³-hybridized carbons (Fsp3) is 0.870. The monoisotopic (exact) mass is 476 g/mol. The predicted octanol–water partition coefficient (Wildman–Crippen LogP) is 5.70. The Kier molecular flexibility index (Phi) is 5.81. The molecule has 0 aromatic rings. The Bertz CT molecular complexity index is 762. The number of halogens is 3. The maximum atomic E-state index is 13.5. The van der Waals surface area contributed by atoms with Crippen LogP contribution in [0.5, 0.6) is 0 Å². The summed E-state index contributed by atoms with van der Waals surface area (Å²) >= 11 is 17.0. The normalized spacial score (nSPS) is 45.9. The van der Waals surface area contributed by atoms with Crippen LogP contribution in [0.25, 0.3) is 0 Å². The number of ether oxygens (including phenoxy) is 1. The van der Waals surface area contributed by atoms with Gasteiger partial charge in [0.2, 0.25) is 0 Å². The predicted molar refractivity (Wildman–Crippen MR) is 116 cm³/mol. The molecule has 4 aliphatic rings. The first-order chi connectivity index (χ1) is 13.9. The number of rotatable bonds is 2. The van der Waals surface area contributed by atoms with Crippen LogP contribution in [0, 0.1) is 40.4 Å². The minimum Gasteiger partial charge on any atom is -0.459 e. The zero-order valence-corrected chi connectivity index (χ0v) is 20.2. The minimum absolute atomic E-state index is 0.0232. The maximum absolute atomic E-state index is 13.5. The van der Waals surface area contributed by atoms with E-state index in [-0.39, 0.29) is 34.6 Å². The summed E-state index contributed by atoms with van der Waals surface area (Å²) in [6.45, 7) is 6.14. The summed E-state index contributed by atoms with van der Waals surface area (Å²) in [7, 11) is 0. The van der Waals surface area contributed by atoms with E-state index >= 15 is 0 Å². The fourth-order valence-corrected chi connectivity index (χ4v) is 8.16. The van der Waals surface area contributed by atoms with Crippen LogP contribution in [-0.2, 0) is 19.1 Å². The number of alkyl halides is 3. The molecule has 4 rings (SSSR count). The van der Waals surface area contributed by atoms with Gasteiger partial charge in [0, 0.05) is 18.3 Å². The first-order valence-electron chi connectivity index (χ1n) is 11.2. The third-order valence-corrected chi connectivity index (χ3v) is 9.76. The van der Waals surface area contributed by atoms with Crippen LogP contribution in [0.2, 0.25) is 0 Å². The topological polar surface area (TPSA) is 60.4 Å². The van der Waals surface area contributed by atoms with Crippen LogP contribution in [0.4, 0.5) is 0 Å². The Hall–Kier alpha value is -0.320. The summed E-state index contributed by atoms with van der Waals surface area (Å²) in [5.74, 6) is 0.964. The van der Waals surface area contributed by atoms with Gasteiger partial charge in [-0.25, -0.2) is 4.79 Å². The standard InChI is InChI=1S/C23H31Cl3O4/c1-12(27)16-6-7-17-15-5-4-13-10-14(30-20(29)23(24,25)26)8-9-21(13,2)19(15)18(28)11-22(16,17)3/h13-17,19H,4-11H2,1-3H3/t13-,14+,15-,16+,17-,19+,21-,22+/m0/s1. The molecule has 4 nitrogen and oxygen atoms in total. The van der Waals surface area contributed by atoms with Crippen LogP contribution in [-0.4, -0.2) is 27.4 Å². The van der Waals surface area contributed by atoms with Crippen LogP contribution in [0.1, 0.15) is 72.1 Å². The molecule has 0 aromatic heterocycles. The SMILES string of the molecule is CC(=O)[C@H]1CC[C@H]2[C@@H]3CC[C@H]4C[C@H](OC(=O)C(Cl)(Cl)Cl)CC[C@]4(C)[C@H]3C(=O)C[C@]12C. The molecule has 7 heteroatoms. The highest BCUT2D eigenvalue weighted by molar-refractivity contribution is 6.75. The second kappa shape index (κ2) is 7.63. The van der Waals surface area contributed by atoms with Crippen molar-refractivity contribution in [1.29, 1.82) is 0 Å². The quantitative estimate of drug-likeness (QED) is 0.378. The van der Waals surface area contributed by atoms with Gasteiger partial charge >= 0.3 is 5.97 Å². The van der Waals surface area contributed by atoms with Crippen molar-refractivity contribution in [1.82, 2.24) is 0 Å². The van der Waals surface area contributed by atoms with Gasteiger partial charge in [-0.05, 0) is 80.5 Å². The van der Waals surface area contributed by atoms with Crippen LogP contribution >= 0.6 is 34.8 Å². The zero-order chi connectivity index (χ0) is 22.1. The highest BCUT2D eigenvalue weighted by Gasteiger charge is 2.64. The molecule has 0 amide bonds. The van der Waals surface area contributed by atoms with Crippen molar-refractivity contribution >= 4 is 52.3 Å². The minimum atomic E-state index is -2.06. The van der Waals surface area contributed by atoms with Crippen LogP contribution < -0.4 is 0 Å². The van der Waals surface area contributed by atoms with Crippen molar-refractivity contribution in [2.24, 2.45) is 40.4 Å². The highest BCUT2D eigenvalue weighted by atomic mass is 35.6. The van der Waals surface area contributed by atoms with Crippen LogP contribution in [0.3, 0.4) is 0 Å². The first-order valence-corrected chi connectivity index (χ1v) is 12.3. The lowest BCUT2D eigenvalue weighted by atomic mass is 9.44. The second-order valence-electron chi connectivity index (χ2n) is 10.7. The van der Waals surface area contributed by atoms with E-state index in [0.29, 0.717) is 36.4 Å². The first kappa shape index (κ1) is 22.9. The average Bonchev–Trinajstić information content (AvgIpc) is 2.97. The number of hydrogen-bond donors (Lipinski definition) is 0. The highest BCUT2D eigenvalue weighted by Crippen LogP contribution is 2.66. The molecule has 0 N–H and O–H groups in total. The van der Waals surface area contributed by atoms with Crippen molar-refractivity contribution in [2.75, 3.05) is 0 Å². The summed E-state index contributed by atoms with van der Waals surface area (Å²) < 4.78 is 3.42. The number of fused-ring (bicyclic) bond motifs is 5. The number of carbonyl (C=O) groups excluding carboxylic acids is 3. The van der Waals surface area contributed by atoms with Gasteiger partial charge in [-0.3, -0.25) is 9.59 Å². The molecule has 30 heavy (non-hydrogen) atoms. The molecule has 4 aliphatic carbocycles. The van der Waals surface area contributed by atoms with Gasteiger partial charge in [0.1, 0.15) is 17.7 Å². The lowest BCUT2D eigenvalue weighted by molar-refractivity contribution is -0.170. The maximum Gasteiger partial charge on any atom is 0.358 e. The Morgan fingerprint density at radius 1 is 1.03 bits per heavy atom. The molecular formula is C23H31Cl3O4. The molecule has 0 aromatic carbocycles. The van der Waals surface area contributed by atoms with Gasteiger partial charge in [-0.15, -0.1) is 0 Å². The largest absolute Gasteiger partial charge is 0.459 e. The summed E-state index contributed by atoms with van der Waals surface area (Å²) in [6, 6.07) is 0. The second-order valence-corrected chi connectivity index (χ2v) is 13.0. The molecule has 8 atom stereocenters. The number of Topliss-reactive ketones (excluding diaryl/α,β-unsaturated/α-hetero) is 2.